The molecule has 1 saturated carbocycles. The minimum Gasteiger partial charge on any atom is -0.450 e. The van der Waals surface area contributed by atoms with Crippen LogP contribution in [0.15, 0.2) is 36.7 Å². The van der Waals surface area contributed by atoms with Gasteiger partial charge in [0, 0.05) is 18.1 Å². The predicted octanol–water partition coefficient (Wildman–Crippen LogP) is 6.54. The first-order valence-electron chi connectivity index (χ1n) is 11.2. The quantitative estimate of drug-likeness (QED) is 0.303. The molecule has 0 saturated heterocycles. The molecular formula is C24H27F3N4O4S. The Bertz CT molecular complexity index is 1220. The van der Waals surface area contributed by atoms with Crippen molar-refractivity contribution in [2.75, 3.05) is 5.32 Å². The van der Waals surface area contributed by atoms with Gasteiger partial charge >= 0.3 is 12.3 Å². The third-order valence-corrected chi connectivity index (χ3v) is 7.22. The lowest BCUT2D eigenvalue weighted by Gasteiger charge is -2.39. The zero-order valence-corrected chi connectivity index (χ0v) is 20.7. The summed E-state index contributed by atoms with van der Waals surface area (Å²) in [5.74, 6) is 0.442. The van der Waals surface area contributed by atoms with E-state index in [1.165, 1.54) is 11.3 Å². The highest BCUT2D eigenvalue weighted by Gasteiger charge is 2.42. The Morgan fingerprint density at radius 1 is 1.17 bits per heavy atom. The lowest BCUT2D eigenvalue weighted by Crippen LogP contribution is -2.39. The van der Waals surface area contributed by atoms with Gasteiger partial charge in [0.2, 0.25) is 5.95 Å². The number of aliphatic hydroxyl groups is 1. The molecule has 1 aliphatic rings. The molecule has 3 aromatic rings. The maximum Gasteiger partial charge on any atom is 0.503 e. The molecule has 3 atom stereocenters. The second-order valence-corrected chi connectivity index (χ2v) is 10.0. The number of alkyl halides is 3. The fraction of sp³-hybridized carbons (Fsp3) is 0.417. The number of anilines is 2. The highest BCUT2D eigenvalue weighted by Crippen LogP contribution is 2.46. The Morgan fingerprint density at radius 2 is 1.86 bits per heavy atom. The molecule has 2 aromatic heterocycles. The van der Waals surface area contributed by atoms with Gasteiger partial charge in [0.25, 0.3) is 0 Å². The van der Waals surface area contributed by atoms with Crippen molar-refractivity contribution < 1.29 is 33.3 Å². The van der Waals surface area contributed by atoms with Gasteiger partial charge in [0.05, 0.1) is 4.88 Å². The fourth-order valence-electron chi connectivity index (χ4n) is 4.22. The van der Waals surface area contributed by atoms with Crippen LogP contribution >= 0.6 is 11.3 Å². The molecule has 0 spiro atoms. The Kier molecular flexibility index (Phi) is 8.19. The fourth-order valence-corrected chi connectivity index (χ4v) is 5.33. The zero-order chi connectivity index (χ0) is 26.7. The monoisotopic (exact) mass is 524 g/mol. The summed E-state index contributed by atoms with van der Waals surface area (Å²) < 4.78 is 38.9. The summed E-state index contributed by atoms with van der Waals surface area (Å²) in [6, 6.07) is 6.45. The predicted molar refractivity (Wildman–Crippen MR) is 129 cm³/mol. The second-order valence-electron chi connectivity index (χ2n) is 9.00. The van der Waals surface area contributed by atoms with Crippen molar-refractivity contribution in [3.8, 4) is 10.4 Å². The Labute approximate surface area is 209 Å². The van der Waals surface area contributed by atoms with Crippen LogP contribution in [0, 0.1) is 18.8 Å². The molecule has 4 N–H and O–H groups in total. The van der Waals surface area contributed by atoms with Gasteiger partial charge in [-0.15, -0.1) is 11.3 Å². The maximum atomic E-state index is 13.0. The van der Waals surface area contributed by atoms with Crippen LogP contribution in [-0.4, -0.2) is 36.4 Å². The van der Waals surface area contributed by atoms with Gasteiger partial charge in [-0.25, -0.2) is 19.7 Å². The van der Waals surface area contributed by atoms with E-state index in [2.05, 4.69) is 34.1 Å². The molecule has 12 heteroatoms. The number of aromatic nitrogens is 3. The molecule has 36 heavy (non-hydrogen) atoms. The van der Waals surface area contributed by atoms with E-state index in [-0.39, 0.29) is 11.9 Å². The number of benzene rings is 1. The first-order valence-corrected chi connectivity index (χ1v) is 12.0. The summed E-state index contributed by atoms with van der Waals surface area (Å²) in [5, 5.41) is 28.9. The van der Waals surface area contributed by atoms with Crippen LogP contribution in [-0.2, 0) is 11.8 Å². The number of aryl methyl sites for hydroxylation is 1. The van der Waals surface area contributed by atoms with Crippen molar-refractivity contribution >= 4 is 29.1 Å². The highest BCUT2D eigenvalue weighted by atomic mass is 32.1. The van der Waals surface area contributed by atoms with Crippen molar-refractivity contribution in [2.24, 2.45) is 11.8 Å². The maximum absolute atomic E-state index is 13.0. The molecule has 8 nitrogen and oxygen atoms in total. The Morgan fingerprint density at radius 3 is 2.53 bits per heavy atom. The molecule has 3 unspecified atom stereocenters. The summed E-state index contributed by atoms with van der Waals surface area (Å²) in [5.41, 5.74) is 0.428. The molecule has 0 aliphatic heterocycles. The number of halogens is 3. The minimum atomic E-state index is -4.54. The van der Waals surface area contributed by atoms with Gasteiger partial charge in [-0.2, -0.15) is 13.2 Å². The van der Waals surface area contributed by atoms with Gasteiger partial charge < -0.3 is 20.6 Å². The van der Waals surface area contributed by atoms with E-state index in [4.69, 9.17) is 15.0 Å². The van der Waals surface area contributed by atoms with Crippen LogP contribution < -0.4 is 5.32 Å². The van der Waals surface area contributed by atoms with Crippen LogP contribution in [0.3, 0.4) is 0 Å². The van der Waals surface area contributed by atoms with Crippen molar-refractivity contribution in [2.45, 2.75) is 51.8 Å². The minimum absolute atomic E-state index is 0.124. The molecule has 0 bridgehead atoms. The summed E-state index contributed by atoms with van der Waals surface area (Å²) in [4.78, 5) is 21.5. The molecule has 0 amide bonds. The summed E-state index contributed by atoms with van der Waals surface area (Å²) in [6.45, 7) is 6.12. The largest absolute Gasteiger partial charge is 0.503 e. The van der Waals surface area contributed by atoms with Crippen LogP contribution in [0.2, 0.25) is 0 Å². The van der Waals surface area contributed by atoms with Gasteiger partial charge in [0.1, 0.15) is 16.3 Å². The van der Waals surface area contributed by atoms with E-state index in [0.717, 1.165) is 41.1 Å². The van der Waals surface area contributed by atoms with Crippen molar-refractivity contribution in [3.05, 3.63) is 52.9 Å². The van der Waals surface area contributed by atoms with Crippen LogP contribution in [0.4, 0.5) is 29.6 Å². The third kappa shape index (κ3) is 6.70. The van der Waals surface area contributed by atoms with Crippen molar-refractivity contribution in [3.63, 3.8) is 0 Å². The lowest BCUT2D eigenvalue weighted by molar-refractivity contribution is -0.141. The lowest BCUT2D eigenvalue weighted by atomic mass is 9.72. The molecule has 2 heterocycles. The first kappa shape index (κ1) is 27.3. The SMILES string of the molecule is Cc1cc(Nc2nccc(C(F)(F)F)n2)cc(-c2cnc(C3(O)CC(C)CCC3C)s2)c1.O=C(O)O. The normalized spacial score (nSPS) is 21.9. The summed E-state index contributed by atoms with van der Waals surface area (Å²) in [7, 11) is 0. The van der Waals surface area contributed by atoms with E-state index in [1.807, 2.05) is 25.1 Å². The molecule has 1 aromatic carbocycles. The van der Waals surface area contributed by atoms with Crippen molar-refractivity contribution in [1.29, 1.82) is 0 Å². The van der Waals surface area contributed by atoms with Gasteiger partial charge in [-0.05, 0) is 60.9 Å². The number of nitrogens with one attached hydrogen (secondary N) is 1. The first-order chi connectivity index (χ1) is 16.8. The van der Waals surface area contributed by atoms with Gasteiger partial charge in [0.15, 0.2) is 0 Å². The van der Waals surface area contributed by atoms with Gasteiger partial charge in [-0.3, -0.25) is 0 Å². The topological polar surface area (TPSA) is 128 Å². The second kappa shape index (κ2) is 10.8. The van der Waals surface area contributed by atoms with Crippen LogP contribution in [0.1, 0.15) is 49.4 Å². The number of carboxylic acid groups (broad SMARTS) is 2. The van der Waals surface area contributed by atoms with Gasteiger partial charge in [-0.1, -0.05) is 26.3 Å². The number of hydrogen-bond acceptors (Lipinski definition) is 7. The number of nitrogens with zero attached hydrogens (tertiary/aromatic N) is 3. The van der Waals surface area contributed by atoms with Crippen molar-refractivity contribution in [1.82, 2.24) is 15.0 Å². The average Bonchev–Trinajstić information content (AvgIpc) is 3.27. The Balaban J connectivity index is 0.000000840. The highest BCUT2D eigenvalue weighted by molar-refractivity contribution is 7.15. The molecule has 1 aliphatic carbocycles. The van der Waals surface area contributed by atoms with E-state index in [9.17, 15) is 18.3 Å². The molecule has 0 radical (unpaired) electrons. The van der Waals surface area contributed by atoms with Crippen LogP contribution in [0.25, 0.3) is 10.4 Å². The number of thiazole rings is 1. The molecule has 194 valence electrons. The number of hydrogen-bond donors (Lipinski definition) is 4. The summed E-state index contributed by atoms with van der Waals surface area (Å²) >= 11 is 1.46. The van der Waals surface area contributed by atoms with E-state index in [1.54, 1.807) is 6.20 Å². The summed E-state index contributed by atoms with van der Waals surface area (Å²) in [6.07, 6.45) is -0.784. The zero-order valence-electron chi connectivity index (χ0n) is 19.9. The average molecular weight is 525 g/mol. The smallest absolute Gasteiger partial charge is 0.450 e. The number of carbonyl (C=O) groups is 1. The van der Waals surface area contributed by atoms with E-state index < -0.39 is 23.6 Å². The Hall–Kier alpha value is -3.25. The number of rotatable bonds is 4. The molecule has 4 rings (SSSR count). The molecular weight excluding hydrogens is 497 g/mol. The standard InChI is InChI=1S/C23H25F3N4OS.CH2O3/c1-13-4-5-15(3)22(31,11-13)20-28-12-18(32-20)16-8-14(2)9-17(10-16)29-21-27-7-6-19(30-21)23(24,25)26;2-1(3)4/h6-10,12-13,15,31H,4-5,11H2,1-3H3,(H,27,29,30);(H2,2,3,4). The third-order valence-electron chi connectivity index (χ3n) is 6.01. The van der Waals surface area contributed by atoms with E-state index >= 15 is 0 Å². The molecule has 1 fully saturated rings. The van der Waals surface area contributed by atoms with Crippen LogP contribution in [0.5, 0.6) is 0 Å². The van der Waals surface area contributed by atoms with E-state index in [0.29, 0.717) is 23.0 Å².